The molecule has 1 amide bonds. The molecule has 3 aromatic carbocycles. The Kier molecular flexibility index (Phi) is 5.96. The summed E-state index contributed by atoms with van der Waals surface area (Å²) < 4.78 is 23.1. The first kappa shape index (κ1) is 21.3. The molecule has 0 heterocycles. The van der Waals surface area contributed by atoms with E-state index in [1.807, 2.05) is 17.0 Å². The van der Waals surface area contributed by atoms with Crippen LogP contribution in [0.3, 0.4) is 0 Å². The Morgan fingerprint density at radius 3 is 2.26 bits per heavy atom. The van der Waals surface area contributed by atoms with Crippen molar-refractivity contribution in [1.82, 2.24) is 4.90 Å². The van der Waals surface area contributed by atoms with Crippen LogP contribution in [0.4, 0.5) is 0 Å². The molecule has 1 aliphatic rings. The van der Waals surface area contributed by atoms with E-state index in [1.54, 1.807) is 24.3 Å². The second-order valence-corrected chi connectivity index (χ2v) is 10.6. The molecule has 0 saturated heterocycles. The number of benzene rings is 3. The molecule has 0 radical (unpaired) electrons. The summed E-state index contributed by atoms with van der Waals surface area (Å²) in [6, 6.07) is 23.6. The van der Waals surface area contributed by atoms with E-state index >= 15 is 0 Å². The Balaban J connectivity index is 1.65. The number of hydrogen-bond acceptors (Lipinski definition) is 3. The Hall–Kier alpha value is -2.92. The molecule has 0 saturated carbocycles. The van der Waals surface area contributed by atoms with Crippen LogP contribution in [0.2, 0.25) is 0 Å². The number of aryl methyl sites for hydroxylation is 2. The monoisotopic (exact) mass is 433 g/mol. The van der Waals surface area contributed by atoms with Gasteiger partial charge in [0.25, 0.3) is 5.91 Å². The van der Waals surface area contributed by atoms with Gasteiger partial charge in [-0.3, -0.25) is 4.79 Å². The number of nitrogens with zero attached hydrogens (tertiary/aromatic N) is 1. The molecule has 0 fully saturated rings. The summed E-state index contributed by atoms with van der Waals surface area (Å²) >= 11 is 0. The van der Waals surface area contributed by atoms with Gasteiger partial charge in [-0.2, -0.15) is 0 Å². The second kappa shape index (κ2) is 8.67. The largest absolute Gasteiger partial charge is 0.327 e. The number of amides is 1. The van der Waals surface area contributed by atoms with Gasteiger partial charge in [-0.15, -0.1) is 0 Å². The number of carbonyl (C=O) groups excluding carboxylic acids is 1. The predicted octanol–water partition coefficient (Wildman–Crippen LogP) is 4.87. The highest BCUT2D eigenvalue weighted by atomic mass is 32.2. The second-order valence-electron chi connectivity index (χ2n) is 8.44. The lowest BCUT2D eigenvalue weighted by Crippen LogP contribution is -2.33. The molecule has 0 aromatic heterocycles. The predicted molar refractivity (Wildman–Crippen MR) is 124 cm³/mol. The van der Waals surface area contributed by atoms with E-state index in [0.717, 1.165) is 18.4 Å². The van der Waals surface area contributed by atoms with Crippen molar-refractivity contribution in [2.24, 2.45) is 0 Å². The highest BCUT2D eigenvalue weighted by Crippen LogP contribution is 2.37. The van der Waals surface area contributed by atoms with Crippen molar-refractivity contribution in [3.8, 4) is 0 Å². The van der Waals surface area contributed by atoms with Gasteiger partial charge in [-0.05, 0) is 54.2 Å². The Morgan fingerprint density at radius 1 is 0.935 bits per heavy atom. The molecule has 0 aliphatic heterocycles. The molecule has 31 heavy (non-hydrogen) atoms. The maximum atomic E-state index is 13.6. The van der Waals surface area contributed by atoms with Crippen LogP contribution >= 0.6 is 0 Å². The van der Waals surface area contributed by atoms with Crippen LogP contribution in [0.25, 0.3) is 0 Å². The van der Waals surface area contributed by atoms with Gasteiger partial charge in [0.1, 0.15) is 0 Å². The van der Waals surface area contributed by atoms with Crippen molar-refractivity contribution in [1.29, 1.82) is 0 Å². The fraction of sp³-hybridized carbons (Fsp3) is 0.269. The first-order valence-electron chi connectivity index (χ1n) is 10.5. The molecule has 5 heteroatoms. The third kappa shape index (κ3) is 5.05. The molecule has 1 unspecified atom stereocenters. The summed E-state index contributed by atoms with van der Waals surface area (Å²) in [4.78, 5) is 15.6. The number of sulfone groups is 1. The van der Waals surface area contributed by atoms with E-state index in [4.69, 9.17) is 0 Å². The summed E-state index contributed by atoms with van der Waals surface area (Å²) in [7, 11) is -3.11. The van der Waals surface area contributed by atoms with E-state index in [2.05, 4.69) is 43.3 Å². The highest BCUT2D eigenvalue weighted by Gasteiger charge is 2.31. The third-order valence-electron chi connectivity index (χ3n) is 5.84. The lowest BCUT2D eigenvalue weighted by Gasteiger charge is -2.30. The van der Waals surface area contributed by atoms with Gasteiger partial charge in [0, 0.05) is 18.4 Å². The maximum absolute atomic E-state index is 13.6. The van der Waals surface area contributed by atoms with Crippen LogP contribution < -0.4 is 0 Å². The number of hydrogen-bond donors (Lipinski definition) is 0. The minimum atomic E-state index is -3.11. The molecule has 1 atom stereocenters. The van der Waals surface area contributed by atoms with Crippen molar-refractivity contribution in [3.63, 3.8) is 0 Å². The Morgan fingerprint density at radius 2 is 1.58 bits per heavy atom. The van der Waals surface area contributed by atoms with Crippen LogP contribution in [-0.4, -0.2) is 25.5 Å². The molecule has 1 aliphatic carbocycles. The fourth-order valence-corrected chi connectivity index (χ4v) is 5.08. The number of carbonyl (C=O) groups is 1. The van der Waals surface area contributed by atoms with E-state index in [-0.39, 0.29) is 17.7 Å². The first-order chi connectivity index (χ1) is 14.8. The summed E-state index contributed by atoms with van der Waals surface area (Å²) in [6.07, 6.45) is 3.09. The molecule has 4 rings (SSSR count). The van der Waals surface area contributed by atoms with Gasteiger partial charge in [-0.1, -0.05) is 66.2 Å². The summed E-state index contributed by atoms with van der Waals surface area (Å²) in [5, 5.41) is 0. The molecule has 4 nitrogen and oxygen atoms in total. The van der Waals surface area contributed by atoms with Crippen LogP contribution in [-0.2, 0) is 28.6 Å². The highest BCUT2D eigenvalue weighted by molar-refractivity contribution is 7.89. The van der Waals surface area contributed by atoms with Gasteiger partial charge in [0.15, 0.2) is 9.84 Å². The molecule has 0 bridgehead atoms. The van der Waals surface area contributed by atoms with Crippen molar-refractivity contribution >= 4 is 15.7 Å². The zero-order chi connectivity index (χ0) is 22.0. The molecule has 0 N–H and O–H groups in total. The minimum absolute atomic E-state index is 0.0233. The van der Waals surface area contributed by atoms with Gasteiger partial charge < -0.3 is 4.90 Å². The molecule has 0 spiro atoms. The van der Waals surface area contributed by atoms with E-state index in [1.165, 1.54) is 22.9 Å². The summed E-state index contributed by atoms with van der Waals surface area (Å²) in [5.41, 5.74) is 6.07. The zero-order valence-corrected chi connectivity index (χ0v) is 18.7. The van der Waals surface area contributed by atoms with Crippen molar-refractivity contribution in [2.75, 3.05) is 6.26 Å². The fourth-order valence-electron chi connectivity index (χ4n) is 4.28. The molecular formula is C26H27NO3S. The van der Waals surface area contributed by atoms with Crippen LogP contribution in [0, 0.1) is 6.92 Å². The van der Waals surface area contributed by atoms with Crippen molar-refractivity contribution in [3.05, 3.63) is 106 Å². The van der Waals surface area contributed by atoms with Crippen molar-refractivity contribution < 1.29 is 13.2 Å². The smallest absolute Gasteiger partial charge is 0.254 e. The zero-order valence-electron chi connectivity index (χ0n) is 17.9. The van der Waals surface area contributed by atoms with Crippen LogP contribution in [0.5, 0.6) is 0 Å². The maximum Gasteiger partial charge on any atom is 0.254 e. The Labute approximate surface area is 184 Å². The van der Waals surface area contributed by atoms with Gasteiger partial charge in [0.2, 0.25) is 0 Å². The van der Waals surface area contributed by atoms with Crippen LogP contribution in [0.1, 0.15) is 50.6 Å². The van der Waals surface area contributed by atoms with Crippen molar-refractivity contribution in [2.45, 2.75) is 38.1 Å². The standard InChI is InChI=1S/C26H27NO3S/c1-19-7-9-20(10-8-19)17-27(25-16-15-22-5-3-4-6-24(22)25)26(28)23-13-11-21(12-14-23)18-31(2,29)30/h3-14,25H,15-18H2,1-2H3. The molecule has 160 valence electrons. The Bertz CT molecular complexity index is 1180. The van der Waals surface area contributed by atoms with Crippen LogP contribution in [0.15, 0.2) is 72.8 Å². The van der Waals surface area contributed by atoms with E-state index < -0.39 is 9.84 Å². The van der Waals surface area contributed by atoms with Gasteiger partial charge >= 0.3 is 0 Å². The normalized spacial score (nSPS) is 15.5. The van der Waals surface area contributed by atoms with E-state index in [9.17, 15) is 13.2 Å². The van der Waals surface area contributed by atoms with Gasteiger partial charge in [-0.25, -0.2) is 8.42 Å². The first-order valence-corrected chi connectivity index (χ1v) is 12.6. The van der Waals surface area contributed by atoms with E-state index in [0.29, 0.717) is 17.7 Å². The summed E-state index contributed by atoms with van der Waals surface area (Å²) in [6.45, 7) is 2.58. The SMILES string of the molecule is Cc1ccc(CN(C(=O)c2ccc(CS(C)(=O)=O)cc2)C2CCc3ccccc32)cc1. The quantitative estimate of drug-likeness (QED) is 0.557. The molecule has 3 aromatic rings. The average molecular weight is 434 g/mol. The topological polar surface area (TPSA) is 54.5 Å². The molecular weight excluding hydrogens is 406 g/mol. The lowest BCUT2D eigenvalue weighted by molar-refractivity contribution is 0.0658. The van der Waals surface area contributed by atoms with Gasteiger partial charge in [0.05, 0.1) is 11.8 Å². The number of fused-ring (bicyclic) bond motifs is 1. The summed E-state index contributed by atoms with van der Waals surface area (Å²) in [5.74, 6) is -0.0574. The lowest BCUT2D eigenvalue weighted by atomic mass is 10.0. The number of rotatable bonds is 6. The average Bonchev–Trinajstić information content (AvgIpc) is 3.16. The third-order valence-corrected chi connectivity index (χ3v) is 6.70. The minimum Gasteiger partial charge on any atom is -0.327 e.